The third-order valence-corrected chi connectivity index (χ3v) is 5.42. The molecule has 0 radical (unpaired) electrons. The van der Waals surface area contributed by atoms with Crippen molar-refractivity contribution >= 4 is 28.9 Å². The van der Waals surface area contributed by atoms with E-state index in [1.165, 1.54) is 18.1 Å². The van der Waals surface area contributed by atoms with Gasteiger partial charge < -0.3 is 19.7 Å². The van der Waals surface area contributed by atoms with Crippen LogP contribution >= 0.6 is 12.2 Å². The van der Waals surface area contributed by atoms with Gasteiger partial charge in [0.05, 0.1) is 18.7 Å². The SMILES string of the molecule is COc1cc([C@@H]2NC(=S)N(c3cccc(C)c3)C(C)=C2C(=O)N(C)C)ccc1OC(F)F. The van der Waals surface area contributed by atoms with Crippen molar-refractivity contribution in [2.24, 2.45) is 0 Å². The van der Waals surface area contributed by atoms with Crippen LogP contribution in [0.1, 0.15) is 24.1 Å². The Balaban J connectivity index is 2.14. The standard InChI is InChI=1S/C23H25F2N3O3S/c1-13-7-6-8-16(11-13)28-14(2)19(21(29)27(3)4)20(26-23(28)32)15-9-10-17(31-22(24)25)18(12-15)30-5/h6-12,20,22H,1-5H3,(H,26,32)/t20-/m0/s1. The van der Waals surface area contributed by atoms with E-state index in [0.717, 1.165) is 11.3 Å². The molecule has 32 heavy (non-hydrogen) atoms. The van der Waals surface area contributed by atoms with E-state index in [9.17, 15) is 13.6 Å². The number of alkyl halides is 2. The Labute approximate surface area is 191 Å². The Morgan fingerprint density at radius 2 is 1.88 bits per heavy atom. The monoisotopic (exact) mass is 461 g/mol. The van der Waals surface area contributed by atoms with Crippen molar-refractivity contribution in [3.8, 4) is 11.5 Å². The predicted octanol–water partition coefficient (Wildman–Crippen LogP) is 4.40. The molecule has 2 aromatic carbocycles. The summed E-state index contributed by atoms with van der Waals surface area (Å²) in [6.45, 7) is 0.837. The maximum atomic E-state index is 13.2. The summed E-state index contributed by atoms with van der Waals surface area (Å²) in [4.78, 5) is 16.5. The van der Waals surface area contributed by atoms with Crippen molar-refractivity contribution in [1.82, 2.24) is 10.2 Å². The Morgan fingerprint density at radius 1 is 1.16 bits per heavy atom. The molecule has 0 fully saturated rings. The number of hydrogen-bond donors (Lipinski definition) is 1. The fourth-order valence-electron chi connectivity index (χ4n) is 3.65. The number of allylic oxidation sites excluding steroid dienone is 1. The lowest BCUT2D eigenvalue weighted by Crippen LogP contribution is -2.49. The summed E-state index contributed by atoms with van der Waals surface area (Å²) in [5.41, 5.74) is 3.67. The van der Waals surface area contributed by atoms with Gasteiger partial charge in [0.2, 0.25) is 0 Å². The number of ether oxygens (including phenoxy) is 2. The molecule has 1 aliphatic heterocycles. The van der Waals surface area contributed by atoms with Crippen molar-refractivity contribution in [2.45, 2.75) is 26.5 Å². The zero-order valence-electron chi connectivity index (χ0n) is 18.5. The molecule has 6 nitrogen and oxygen atoms in total. The van der Waals surface area contributed by atoms with Crippen molar-refractivity contribution < 1.29 is 23.0 Å². The molecule has 0 bridgehead atoms. The van der Waals surface area contributed by atoms with E-state index in [2.05, 4.69) is 10.1 Å². The van der Waals surface area contributed by atoms with Crippen LogP contribution in [0, 0.1) is 6.92 Å². The van der Waals surface area contributed by atoms with Gasteiger partial charge in [-0.3, -0.25) is 9.69 Å². The molecule has 2 aromatic rings. The van der Waals surface area contributed by atoms with Gasteiger partial charge in [0.15, 0.2) is 16.6 Å². The molecule has 1 heterocycles. The second kappa shape index (κ2) is 9.52. The molecular formula is C23H25F2N3O3S. The second-order valence-electron chi connectivity index (χ2n) is 7.54. The van der Waals surface area contributed by atoms with Crippen molar-refractivity contribution in [1.29, 1.82) is 0 Å². The highest BCUT2D eigenvalue weighted by Crippen LogP contribution is 2.38. The van der Waals surface area contributed by atoms with Crippen LogP contribution in [0.3, 0.4) is 0 Å². The molecule has 0 aliphatic carbocycles. The second-order valence-corrected chi connectivity index (χ2v) is 7.93. The highest BCUT2D eigenvalue weighted by molar-refractivity contribution is 7.80. The highest BCUT2D eigenvalue weighted by atomic mass is 32.1. The Kier molecular flexibility index (Phi) is 6.98. The molecular weight excluding hydrogens is 436 g/mol. The number of methoxy groups -OCH3 is 1. The number of hydrogen-bond acceptors (Lipinski definition) is 4. The van der Waals surface area contributed by atoms with Crippen LogP contribution in [0.4, 0.5) is 14.5 Å². The van der Waals surface area contributed by atoms with Crippen LogP contribution in [0.5, 0.6) is 11.5 Å². The van der Waals surface area contributed by atoms with Gasteiger partial charge in [0.1, 0.15) is 0 Å². The largest absolute Gasteiger partial charge is 0.493 e. The first-order chi connectivity index (χ1) is 15.1. The summed E-state index contributed by atoms with van der Waals surface area (Å²) in [7, 11) is 4.70. The molecule has 1 aliphatic rings. The lowest BCUT2D eigenvalue weighted by atomic mass is 9.93. The minimum Gasteiger partial charge on any atom is -0.493 e. The third kappa shape index (κ3) is 4.67. The number of nitrogens with one attached hydrogen (secondary N) is 1. The lowest BCUT2D eigenvalue weighted by Gasteiger charge is -2.38. The summed E-state index contributed by atoms with van der Waals surface area (Å²) < 4.78 is 35.2. The van der Waals surface area contributed by atoms with Gasteiger partial charge in [-0.15, -0.1) is 0 Å². The number of amides is 1. The summed E-state index contributed by atoms with van der Waals surface area (Å²) >= 11 is 5.66. The number of anilines is 1. The van der Waals surface area contributed by atoms with Crippen molar-refractivity contribution in [2.75, 3.05) is 26.1 Å². The van der Waals surface area contributed by atoms with Crippen molar-refractivity contribution in [3.05, 3.63) is 64.9 Å². The van der Waals surface area contributed by atoms with Gasteiger partial charge in [0.25, 0.3) is 5.91 Å². The van der Waals surface area contributed by atoms with Gasteiger partial charge in [-0.2, -0.15) is 8.78 Å². The number of carbonyl (C=O) groups excluding carboxylic acids is 1. The summed E-state index contributed by atoms with van der Waals surface area (Å²) in [6, 6.07) is 11.8. The van der Waals surface area contributed by atoms with Gasteiger partial charge >= 0.3 is 6.61 Å². The normalized spacial score (nSPS) is 16.2. The first-order valence-electron chi connectivity index (χ1n) is 9.86. The van der Waals surface area contributed by atoms with Crippen LogP contribution in [-0.4, -0.2) is 43.7 Å². The Morgan fingerprint density at radius 3 is 2.47 bits per heavy atom. The van der Waals surface area contributed by atoms with Crippen molar-refractivity contribution in [3.63, 3.8) is 0 Å². The number of carbonyl (C=O) groups is 1. The summed E-state index contributed by atoms with van der Waals surface area (Å²) in [6.07, 6.45) is 0. The van der Waals surface area contributed by atoms with E-state index in [1.54, 1.807) is 26.2 Å². The topological polar surface area (TPSA) is 54.0 Å². The number of nitrogens with zero attached hydrogens (tertiary/aromatic N) is 2. The first kappa shape index (κ1) is 23.5. The number of thiocarbonyl (C=S) groups is 1. The fraction of sp³-hybridized carbons (Fsp3) is 0.304. The Bertz CT molecular complexity index is 1070. The lowest BCUT2D eigenvalue weighted by molar-refractivity contribution is -0.125. The molecule has 0 saturated carbocycles. The van der Waals surface area contributed by atoms with Crippen LogP contribution in [0.2, 0.25) is 0 Å². The van der Waals surface area contributed by atoms with Crippen LogP contribution < -0.4 is 19.7 Å². The maximum Gasteiger partial charge on any atom is 0.387 e. The minimum absolute atomic E-state index is 0.0905. The molecule has 0 spiro atoms. The average Bonchev–Trinajstić information content (AvgIpc) is 2.73. The summed E-state index contributed by atoms with van der Waals surface area (Å²) in [5, 5.41) is 3.65. The molecule has 0 saturated heterocycles. The molecule has 1 N–H and O–H groups in total. The van der Waals surface area contributed by atoms with E-state index in [-0.39, 0.29) is 17.4 Å². The van der Waals surface area contributed by atoms with E-state index in [1.807, 2.05) is 43.0 Å². The zero-order valence-corrected chi connectivity index (χ0v) is 19.3. The molecule has 1 amide bonds. The molecule has 0 aromatic heterocycles. The number of likely N-dealkylation sites (N-methyl/N-ethyl adjacent to an activating group) is 1. The molecule has 1 atom stereocenters. The third-order valence-electron chi connectivity index (χ3n) is 5.12. The quantitative estimate of drug-likeness (QED) is 0.644. The van der Waals surface area contributed by atoms with Crippen LogP contribution in [0.25, 0.3) is 0 Å². The first-order valence-corrected chi connectivity index (χ1v) is 10.3. The highest BCUT2D eigenvalue weighted by Gasteiger charge is 2.35. The smallest absolute Gasteiger partial charge is 0.387 e. The fourth-order valence-corrected chi connectivity index (χ4v) is 4.01. The molecule has 3 rings (SSSR count). The van der Waals surface area contributed by atoms with E-state index in [4.69, 9.17) is 17.0 Å². The average molecular weight is 462 g/mol. The Hall–Kier alpha value is -3.20. The van der Waals surface area contributed by atoms with E-state index < -0.39 is 12.7 Å². The molecule has 170 valence electrons. The molecule has 9 heteroatoms. The van der Waals surface area contributed by atoms with Crippen LogP contribution in [-0.2, 0) is 4.79 Å². The van der Waals surface area contributed by atoms with Gasteiger partial charge in [-0.05, 0) is 61.5 Å². The van der Waals surface area contributed by atoms with Gasteiger partial charge in [-0.1, -0.05) is 18.2 Å². The number of halogens is 2. The molecule has 0 unspecified atom stereocenters. The predicted molar refractivity (Wildman–Crippen MR) is 123 cm³/mol. The zero-order chi connectivity index (χ0) is 23.6. The van der Waals surface area contributed by atoms with E-state index in [0.29, 0.717) is 21.9 Å². The number of aryl methyl sites for hydroxylation is 1. The van der Waals surface area contributed by atoms with Gasteiger partial charge in [-0.25, -0.2) is 0 Å². The minimum atomic E-state index is -2.98. The van der Waals surface area contributed by atoms with Crippen LogP contribution in [0.15, 0.2) is 53.7 Å². The number of benzene rings is 2. The summed E-state index contributed by atoms with van der Waals surface area (Å²) in [5.74, 6) is -0.162. The van der Waals surface area contributed by atoms with Gasteiger partial charge in [0, 0.05) is 25.5 Å². The van der Waals surface area contributed by atoms with E-state index >= 15 is 0 Å². The maximum absolute atomic E-state index is 13.2. The number of rotatable bonds is 6.